The molecule has 0 saturated heterocycles. The van der Waals surface area contributed by atoms with Crippen molar-refractivity contribution in [1.82, 2.24) is 0 Å². The Kier molecular flexibility index (Phi) is 4.49. The van der Waals surface area contributed by atoms with E-state index < -0.39 is 10.7 Å². The monoisotopic (exact) mass is 308 g/mol. The van der Waals surface area contributed by atoms with Crippen LogP contribution in [0.3, 0.4) is 0 Å². The minimum absolute atomic E-state index is 0.0524. The number of hydrogen-bond acceptors (Lipinski definition) is 4. The van der Waals surface area contributed by atoms with Gasteiger partial charge in [0.1, 0.15) is 5.82 Å². The molecule has 0 heterocycles. The van der Waals surface area contributed by atoms with Crippen LogP contribution in [-0.4, -0.2) is 17.3 Å². The van der Waals surface area contributed by atoms with Gasteiger partial charge >= 0.3 is 0 Å². The number of nitro benzene ring substituents is 1. The van der Waals surface area contributed by atoms with Crippen LogP contribution in [0.25, 0.3) is 0 Å². The molecule has 1 N–H and O–H groups in total. The van der Waals surface area contributed by atoms with Crippen LogP contribution in [0.4, 0.5) is 15.8 Å². The number of hydrogen-bond donors (Lipinski definition) is 1. The predicted octanol–water partition coefficient (Wildman–Crippen LogP) is 3.68. The largest absolute Gasteiger partial charge is 0.376 e. The zero-order valence-corrected chi connectivity index (χ0v) is 11.4. The molecule has 2 aromatic carbocycles. The van der Waals surface area contributed by atoms with Crippen LogP contribution in [0.2, 0.25) is 5.02 Å². The summed E-state index contributed by atoms with van der Waals surface area (Å²) < 4.78 is 12.8. The number of rotatable bonds is 5. The van der Waals surface area contributed by atoms with Gasteiger partial charge in [0.15, 0.2) is 5.78 Å². The van der Waals surface area contributed by atoms with Gasteiger partial charge in [0.25, 0.3) is 5.69 Å². The van der Waals surface area contributed by atoms with E-state index in [0.29, 0.717) is 11.3 Å². The highest BCUT2D eigenvalue weighted by atomic mass is 35.5. The van der Waals surface area contributed by atoms with Crippen LogP contribution in [0.1, 0.15) is 10.4 Å². The fraction of sp³-hybridized carbons (Fsp3) is 0.0714. The topological polar surface area (TPSA) is 72.2 Å². The van der Waals surface area contributed by atoms with Gasteiger partial charge in [-0.25, -0.2) is 4.39 Å². The second-order valence-electron chi connectivity index (χ2n) is 4.20. The first-order valence-electron chi connectivity index (χ1n) is 5.94. The number of benzene rings is 2. The molecule has 0 atom stereocenters. The molecule has 0 spiro atoms. The van der Waals surface area contributed by atoms with Gasteiger partial charge in [0, 0.05) is 17.7 Å². The molecule has 0 saturated carbocycles. The molecule has 0 aliphatic carbocycles. The van der Waals surface area contributed by atoms with Crippen molar-refractivity contribution in [3.05, 3.63) is 69.0 Å². The maximum atomic E-state index is 12.8. The third kappa shape index (κ3) is 3.76. The van der Waals surface area contributed by atoms with Gasteiger partial charge in [-0.2, -0.15) is 0 Å². The van der Waals surface area contributed by atoms with Crippen LogP contribution >= 0.6 is 11.6 Å². The Labute approximate surface area is 124 Å². The van der Waals surface area contributed by atoms with Crippen molar-refractivity contribution in [2.24, 2.45) is 0 Å². The Balaban J connectivity index is 2.04. The molecular formula is C14H10ClFN2O3. The summed E-state index contributed by atoms with van der Waals surface area (Å²) >= 11 is 5.90. The standard InChI is InChI=1S/C14H10ClFN2O3/c15-12-7-11(18(20)21)5-6-13(12)17-8-14(19)9-1-3-10(16)4-2-9/h1-7,17H,8H2. The van der Waals surface area contributed by atoms with E-state index in [1.54, 1.807) is 0 Å². The van der Waals surface area contributed by atoms with Crippen LogP contribution in [0.5, 0.6) is 0 Å². The van der Waals surface area contributed by atoms with E-state index in [1.807, 2.05) is 0 Å². The second kappa shape index (κ2) is 6.32. The number of anilines is 1. The molecule has 0 radical (unpaired) electrons. The number of non-ortho nitro benzene ring substituents is 1. The highest BCUT2D eigenvalue weighted by molar-refractivity contribution is 6.33. The summed E-state index contributed by atoms with van der Waals surface area (Å²) in [6.07, 6.45) is 0. The maximum Gasteiger partial charge on any atom is 0.271 e. The van der Waals surface area contributed by atoms with Crippen molar-refractivity contribution in [1.29, 1.82) is 0 Å². The lowest BCUT2D eigenvalue weighted by Crippen LogP contribution is -2.14. The lowest BCUT2D eigenvalue weighted by atomic mass is 10.1. The molecule has 0 bridgehead atoms. The van der Waals surface area contributed by atoms with E-state index in [-0.39, 0.29) is 23.0 Å². The van der Waals surface area contributed by atoms with Gasteiger partial charge in [-0.15, -0.1) is 0 Å². The molecule has 0 fully saturated rings. The van der Waals surface area contributed by atoms with Gasteiger partial charge in [-0.1, -0.05) is 11.6 Å². The summed E-state index contributed by atoms with van der Waals surface area (Å²) in [6, 6.07) is 9.09. The molecule has 0 unspecified atom stereocenters. The van der Waals surface area contributed by atoms with E-state index in [0.717, 1.165) is 0 Å². The fourth-order valence-electron chi connectivity index (χ4n) is 1.67. The lowest BCUT2D eigenvalue weighted by molar-refractivity contribution is -0.384. The van der Waals surface area contributed by atoms with Crippen LogP contribution in [0, 0.1) is 15.9 Å². The number of carbonyl (C=O) groups excluding carboxylic acids is 1. The molecule has 2 rings (SSSR count). The minimum atomic E-state index is -0.556. The average Bonchev–Trinajstić information content (AvgIpc) is 2.46. The van der Waals surface area contributed by atoms with Crippen LogP contribution in [0.15, 0.2) is 42.5 Å². The van der Waals surface area contributed by atoms with E-state index in [9.17, 15) is 19.3 Å². The summed E-state index contributed by atoms with van der Waals surface area (Å²) in [5.41, 5.74) is 0.648. The summed E-state index contributed by atoms with van der Waals surface area (Å²) in [5.74, 6) is -0.664. The first-order valence-corrected chi connectivity index (χ1v) is 6.32. The minimum Gasteiger partial charge on any atom is -0.376 e. The SMILES string of the molecule is O=C(CNc1ccc([N+](=O)[O-])cc1Cl)c1ccc(F)cc1. The smallest absolute Gasteiger partial charge is 0.271 e. The van der Waals surface area contributed by atoms with Crippen molar-refractivity contribution < 1.29 is 14.1 Å². The molecule has 0 aromatic heterocycles. The fourth-order valence-corrected chi connectivity index (χ4v) is 1.92. The highest BCUT2D eigenvalue weighted by Gasteiger charge is 2.11. The number of nitrogens with zero attached hydrogens (tertiary/aromatic N) is 1. The Hall–Kier alpha value is -2.47. The van der Waals surface area contributed by atoms with E-state index >= 15 is 0 Å². The zero-order chi connectivity index (χ0) is 15.4. The molecule has 0 aliphatic rings. The van der Waals surface area contributed by atoms with E-state index in [4.69, 9.17) is 11.6 Å². The zero-order valence-electron chi connectivity index (χ0n) is 10.7. The molecule has 0 aliphatic heterocycles. The third-order valence-corrected chi connectivity index (χ3v) is 3.08. The molecule has 2 aromatic rings. The van der Waals surface area contributed by atoms with Crippen molar-refractivity contribution in [2.45, 2.75) is 0 Å². The quantitative estimate of drug-likeness (QED) is 0.519. The van der Waals surface area contributed by atoms with Crippen LogP contribution < -0.4 is 5.32 Å². The van der Waals surface area contributed by atoms with Gasteiger partial charge in [0.05, 0.1) is 22.2 Å². The Bertz CT molecular complexity index is 689. The number of nitrogens with one attached hydrogen (secondary N) is 1. The van der Waals surface area contributed by atoms with Gasteiger partial charge < -0.3 is 5.32 Å². The molecule has 7 heteroatoms. The van der Waals surface area contributed by atoms with Crippen LogP contribution in [-0.2, 0) is 0 Å². The Morgan fingerprint density at radius 1 is 1.24 bits per heavy atom. The molecule has 0 amide bonds. The normalized spacial score (nSPS) is 10.2. The highest BCUT2D eigenvalue weighted by Crippen LogP contribution is 2.26. The third-order valence-electron chi connectivity index (χ3n) is 2.77. The number of halogens is 2. The summed E-state index contributed by atoms with van der Waals surface area (Å²) in [5, 5.41) is 13.5. The lowest BCUT2D eigenvalue weighted by Gasteiger charge is -2.07. The van der Waals surface area contributed by atoms with E-state index in [1.165, 1.54) is 42.5 Å². The Morgan fingerprint density at radius 3 is 2.48 bits per heavy atom. The first-order chi connectivity index (χ1) is 9.97. The summed E-state index contributed by atoms with van der Waals surface area (Å²) in [7, 11) is 0. The van der Waals surface area contributed by atoms with Crippen molar-refractivity contribution >= 4 is 28.8 Å². The molecule has 108 valence electrons. The molecule has 21 heavy (non-hydrogen) atoms. The van der Waals surface area contributed by atoms with E-state index in [2.05, 4.69) is 5.32 Å². The van der Waals surface area contributed by atoms with Gasteiger partial charge in [0.2, 0.25) is 0 Å². The molecular weight excluding hydrogens is 299 g/mol. The second-order valence-corrected chi connectivity index (χ2v) is 4.61. The first kappa shape index (κ1) is 14.9. The number of ketones is 1. The predicted molar refractivity (Wildman–Crippen MR) is 77.3 cm³/mol. The van der Waals surface area contributed by atoms with Crippen molar-refractivity contribution in [3.8, 4) is 0 Å². The summed E-state index contributed by atoms with van der Waals surface area (Å²) in [6.45, 7) is -0.0524. The van der Waals surface area contributed by atoms with Gasteiger partial charge in [-0.3, -0.25) is 14.9 Å². The number of carbonyl (C=O) groups is 1. The maximum absolute atomic E-state index is 12.8. The summed E-state index contributed by atoms with van der Waals surface area (Å²) in [4.78, 5) is 21.9. The average molecular weight is 309 g/mol. The van der Waals surface area contributed by atoms with Crippen molar-refractivity contribution in [2.75, 3.05) is 11.9 Å². The number of Topliss-reactive ketones (excluding diaryl/α,β-unsaturated/α-hetero) is 1. The molecule has 5 nitrogen and oxygen atoms in total. The number of nitro groups is 1. The van der Waals surface area contributed by atoms with Crippen molar-refractivity contribution in [3.63, 3.8) is 0 Å². The Morgan fingerprint density at radius 2 is 1.90 bits per heavy atom. The van der Waals surface area contributed by atoms with Gasteiger partial charge in [-0.05, 0) is 30.3 Å².